The molecule has 2 heterocycles. The van der Waals surface area contributed by atoms with Gasteiger partial charge in [0.15, 0.2) is 6.61 Å². The molecule has 0 bridgehead atoms. The van der Waals surface area contributed by atoms with Gasteiger partial charge in [-0.25, -0.2) is 4.90 Å². The van der Waals surface area contributed by atoms with Crippen molar-refractivity contribution in [1.82, 2.24) is 4.90 Å². The fraction of sp³-hybridized carbons (Fsp3) is 0.207. The van der Waals surface area contributed by atoms with Crippen LogP contribution >= 0.6 is 0 Å². The number of imide groups is 1. The molecule has 1 fully saturated rings. The maximum Gasteiger partial charge on any atom is 0.265 e. The average molecular weight is 467 g/mol. The topological polar surface area (TPSA) is 66.9 Å². The van der Waals surface area contributed by atoms with Crippen LogP contribution in [0.4, 0.5) is 5.69 Å². The molecule has 0 unspecified atom stereocenters. The highest BCUT2D eigenvalue weighted by atomic mass is 16.5. The van der Waals surface area contributed by atoms with Crippen molar-refractivity contribution in [2.24, 2.45) is 0 Å². The van der Waals surface area contributed by atoms with Gasteiger partial charge >= 0.3 is 0 Å². The summed E-state index contributed by atoms with van der Waals surface area (Å²) in [6.07, 6.45) is 3.78. The summed E-state index contributed by atoms with van der Waals surface area (Å²) in [5.74, 6) is -0.277. The molecular formula is C29H26N2O4. The van der Waals surface area contributed by atoms with E-state index in [1.807, 2.05) is 54.3 Å². The van der Waals surface area contributed by atoms with Crippen LogP contribution in [0.15, 0.2) is 72.8 Å². The molecule has 0 aromatic heterocycles. The van der Waals surface area contributed by atoms with E-state index >= 15 is 0 Å². The van der Waals surface area contributed by atoms with Crippen LogP contribution in [0.25, 0.3) is 11.6 Å². The van der Waals surface area contributed by atoms with Crippen LogP contribution in [0, 0.1) is 6.92 Å². The Bertz CT molecular complexity index is 1340. The lowest BCUT2D eigenvalue weighted by atomic mass is 9.91. The van der Waals surface area contributed by atoms with E-state index in [2.05, 4.69) is 0 Å². The molecule has 0 saturated carbocycles. The second-order valence-electron chi connectivity index (χ2n) is 8.75. The molecule has 5 rings (SSSR count). The predicted octanol–water partition coefficient (Wildman–Crippen LogP) is 4.72. The maximum absolute atomic E-state index is 13.7. The molecule has 6 heteroatoms. The summed E-state index contributed by atoms with van der Waals surface area (Å²) in [5, 5.41) is 0. The molecule has 1 saturated heterocycles. The number of rotatable bonds is 5. The second-order valence-corrected chi connectivity index (χ2v) is 8.75. The highest BCUT2D eigenvalue weighted by molar-refractivity contribution is 6.43. The summed E-state index contributed by atoms with van der Waals surface area (Å²) in [7, 11) is 0. The van der Waals surface area contributed by atoms with Crippen LogP contribution in [-0.2, 0) is 9.59 Å². The molecular weight excluding hydrogens is 440 g/mol. The molecule has 3 aromatic carbocycles. The molecule has 3 amide bonds. The van der Waals surface area contributed by atoms with Crippen LogP contribution in [-0.4, -0.2) is 42.3 Å². The number of ether oxygens (including phenoxy) is 1. The fourth-order valence-corrected chi connectivity index (χ4v) is 4.61. The van der Waals surface area contributed by atoms with Crippen LogP contribution in [0.3, 0.4) is 0 Å². The SMILES string of the molecule is Cc1ccccc1N1C(=O)/C(=C\c2ccccc2OCC(=O)N2CCCC2)c2ccccc2C1=O. The summed E-state index contributed by atoms with van der Waals surface area (Å²) in [5.41, 5.74) is 3.49. The Labute approximate surface area is 204 Å². The number of para-hydroxylation sites is 2. The number of carbonyl (C=O) groups excluding carboxylic acids is 3. The number of carbonyl (C=O) groups is 3. The smallest absolute Gasteiger partial charge is 0.265 e. The molecule has 2 aliphatic rings. The van der Waals surface area contributed by atoms with Gasteiger partial charge in [-0.05, 0) is 55.2 Å². The normalized spacial score (nSPS) is 16.5. The number of hydrogen-bond acceptors (Lipinski definition) is 4. The van der Waals surface area contributed by atoms with Gasteiger partial charge in [-0.1, -0.05) is 54.6 Å². The van der Waals surface area contributed by atoms with E-state index in [0.29, 0.717) is 33.7 Å². The van der Waals surface area contributed by atoms with Crippen molar-refractivity contribution in [3.63, 3.8) is 0 Å². The third-order valence-electron chi connectivity index (χ3n) is 6.47. The number of fused-ring (bicyclic) bond motifs is 1. The Kier molecular flexibility index (Phi) is 6.19. The molecule has 2 aliphatic heterocycles. The summed E-state index contributed by atoms with van der Waals surface area (Å²) < 4.78 is 5.90. The van der Waals surface area contributed by atoms with E-state index in [9.17, 15) is 14.4 Å². The van der Waals surface area contributed by atoms with E-state index < -0.39 is 5.91 Å². The Morgan fingerprint density at radius 1 is 0.857 bits per heavy atom. The van der Waals surface area contributed by atoms with Crippen molar-refractivity contribution >= 4 is 35.1 Å². The van der Waals surface area contributed by atoms with Gasteiger partial charge in [-0.2, -0.15) is 0 Å². The number of likely N-dealkylation sites (tertiary alicyclic amines) is 1. The number of benzene rings is 3. The Balaban J connectivity index is 1.53. The first-order valence-electron chi connectivity index (χ1n) is 11.8. The summed E-state index contributed by atoms with van der Waals surface area (Å²) in [4.78, 5) is 42.6. The van der Waals surface area contributed by atoms with Gasteiger partial charge < -0.3 is 9.64 Å². The molecule has 3 aromatic rings. The van der Waals surface area contributed by atoms with Crippen LogP contribution in [0.2, 0.25) is 0 Å². The molecule has 0 aliphatic carbocycles. The van der Waals surface area contributed by atoms with Gasteiger partial charge in [-0.3, -0.25) is 14.4 Å². The lowest BCUT2D eigenvalue weighted by molar-refractivity contribution is -0.132. The number of amides is 3. The zero-order valence-electron chi connectivity index (χ0n) is 19.6. The van der Waals surface area contributed by atoms with Crippen LogP contribution in [0.1, 0.15) is 39.9 Å². The van der Waals surface area contributed by atoms with E-state index in [1.165, 1.54) is 4.90 Å². The van der Waals surface area contributed by atoms with Crippen molar-refractivity contribution in [3.8, 4) is 5.75 Å². The zero-order valence-corrected chi connectivity index (χ0v) is 19.6. The zero-order chi connectivity index (χ0) is 24.4. The van der Waals surface area contributed by atoms with Gasteiger partial charge in [0, 0.05) is 29.8 Å². The number of nitrogens with zero attached hydrogens (tertiary/aromatic N) is 2. The first kappa shape index (κ1) is 22.6. The Morgan fingerprint density at radius 2 is 1.51 bits per heavy atom. The van der Waals surface area contributed by atoms with E-state index in [-0.39, 0.29) is 18.4 Å². The number of hydrogen-bond donors (Lipinski definition) is 0. The molecule has 0 N–H and O–H groups in total. The van der Waals surface area contributed by atoms with Crippen molar-refractivity contribution in [1.29, 1.82) is 0 Å². The summed E-state index contributed by atoms with van der Waals surface area (Å²) >= 11 is 0. The summed E-state index contributed by atoms with van der Waals surface area (Å²) in [6, 6.07) is 21.8. The van der Waals surface area contributed by atoms with Gasteiger partial charge in [0.1, 0.15) is 5.75 Å². The minimum Gasteiger partial charge on any atom is -0.483 e. The molecule has 0 atom stereocenters. The minimum absolute atomic E-state index is 0.0413. The standard InChI is InChI=1S/C29H26N2O4/c1-20-10-2-6-14-25(20)31-28(33)23-13-5-4-12-22(23)24(29(31)34)18-21-11-3-7-15-26(21)35-19-27(32)30-16-8-9-17-30/h2-7,10-15,18H,8-9,16-17,19H2,1H3/b24-18-. The fourth-order valence-electron chi connectivity index (χ4n) is 4.61. The predicted molar refractivity (Wildman–Crippen MR) is 135 cm³/mol. The van der Waals surface area contributed by atoms with Gasteiger partial charge in [0.2, 0.25) is 0 Å². The third kappa shape index (κ3) is 4.35. The Hall–Kier alpha value is -4.19. The maximum atomic E-state index is 13.7. The largest absolute Gasteiger partial charge is 0.483 e. The molecule has 0 spiro atoms. The first-order valence-corrected chi connectivity index (χ1v) is 11.8. The number of aryl methyl sites for hydroxylation is 1. The van der Waals surface area contributed by atoms with E-state index in [4.69, 9.17) is 4.74 Å². The number of anilines is 1. The van der Waals surface area contributed by atoms with Gasteiger partial charge in [0.25, 0.3) is 17.7 Å². The third-order valence-corrected chi connectivity index (χ3v) is 6.47. The average Bonchev–Trinajstić information content (AvgIpc) is 3.42. The second kappa shape index (κ2) is 9.58. The van der Waals surface area contributed by atoms with Crippen LogP contribution in [0.5, 0.6) is 5.75 Å². The first-order chi connectivity index (χ1) is 17.0. The van der Waals surface area contributed by atoms with E-state index in [0.717, 1.165) is 31.5 Å². The summed E-state index contributed by atoms with van der Waals surface area (Å²) in [6.45, 7) is 3.35. The molecule has 35 heavy (non-hydrogen) atoms. The monoisotopic (exact) mass is 466 g/mol. The van der Waals surface area contributed by atoms with Crippen molar-refractivity contribution in [2.75, 3.05) is 24.6 Å². The molecule has 6 nitrogen and oxygen atoms in total. The molecule has 0 radical (unpaired) electrons. The molecule has 176 valence electrons. The van der Waals surface area contributed by atoms with Gasteiger partial charge in [0.05, 0.1) is 5.69 Å². The Morgan fingerprint density at radius 3 is 2.29 bits per heavy atom. The lowest BCUT2D eigenvalue weighted by Crippen LogP contribution is -2.42. The minimum atomic E-state index is -0.397. The van der Waals surface area contributed by atoms with E-state index in [1.54, 1.807) is 36.4 Å². The highest BCUT2D eigenvalue weighted by Crippen LogP contribution is 2.35. The quantitative estimate of drug-likeness (QED) is 0.403. The van der Waals surface area contributed by atoms with Crippen LogP contribution < -0.4 is 9.64 Å². The van der Waals surface area contributed by atoms with Crippen molar-refractivity contribution in [2.45, 2.75) is 19.8 Å². The van der Waals surface area contributed by atoms with Gasteiger partial charge in [-0.15, -0.1) is 0 Å². The van der Waals surface area contributed by atoms with Crippen molar-refractivity contribution < 1.29 is 19.1 Å². The van der Waals surface area contributed by atoms with Crippen molar-refractivity contribution in [3.05, 3.63) is 95.1 Å². The lowest BCUT2D eigenvalue weighted by Gasteiger charge is -2.29. The highest BCUT2D eigenvalue weighted by Gasteiger charge is 2.36.